The fourth-order valence-corrected chi connectivity index (χ4v) is 0.645. The lowest BCUT2D eigenvalue weighted by Gasteiger charge is -1.91. The van der Waals surface area contributed by atoms with Crippen LogP contribution in [0, 0.1) is 0 Å². The van der Waals surface area contributed by atoms with Crippen LogP contribution >= 0.6 is 0 Å². The summed E-state index contributed by atoms with van der Waals surface area (Å²) in [6, 6.07) is 0. The van der Waals surface area contributed by atoms with E-state index in [1.807, 2.05) is 20.8 Å². The maximum atomic E-state index is 10.6. The minimum Gasteiger partial charge on any atom is -0.300 e. The largest absolute Gasteiger partial charge is 0.300 e. The van der Waals surface area contributed by atoms with Gasteiger partial charge in [0.25, 0.3) is 0 Å². The molecule has 0 spiro atoms. The van der Waals surface area contributed by atoms with Crippen molar-refractivity contribution < 1.29 is 9.59 Å². The first-order valence-corrected chi connectivity index (χ1v) is 4.18. The van der Waals surface area contributed by atoms with Crippen LogP contribution in [-0.4, -0.2) is 11.6 Å². The van der Waals surface area contributed by atoms with Gasteiger partial charge in [0.15, 0.2) is 0 Å². The van der Waals surface area contributed by atoms with E-state index >= 15 is 0 Å². The number of hydrogen-bond acceptors (Lipinski definition) is 2. The summed E-state index contributed by atoms with van der Waals surface area (Å²) >= 11 is 0. The van der Waals surface area contributed by atoms with Crippen LogP contribution in [0.5, 0.6) is 0 Å². The summed E-state index contributed by atoms with van der Waals surface area (Å²) in [4.78, 5) is 20.9. The molecule has 0 atom stereocenters. The Morgan fingerprint density at radius 3 is 1.91 bits per heavy atom. The molecule has 0 heterocycles. The first-order valence-electron chi connectivity index (χ1n) is 4.18. The SMILES string of the molecule is CC.CCCC(=O)CC(C)=O. The molecule has 0 fully saturated rings. The van der Waals surface area contributed by atoms with Crippen molar-refractivity contribution in [2.45, 2.75) is 47.0 Å². The molecule has 0 aliphatic carbocycles. The third-order valence-electron chi connectivity index (χ3n) is 0.975. The summed E-state index contributed by atoms with van der Waals surface area (Å²) in [5, 5.41) is 0. The second kappa shape index (κ2) is 9.34. The van der Waals surface area contributed by atoms with Gasteiger partial charge >= 0.3 is 0 Å². The van der Waals surface area contributed by atoms with Gasteiger partial charge in [0.05, 0.1) is 6.42 Å². The normalized spacial score (nSPS) is 8.00. The highest BCUT2D eigenvalue weighted by atomic mass is 16.1. The van der Waals surface area contributed by atoms with Crippen LogP contribution in [0.15, 0.2) is 0 Å². The smallest absolute Gasteiger partial charge is 0.140 e. The molecule has 0 rings (SSSR count). The number of rotatable bonds is 4. The fourth-order valence-electron chi connectivity index (χ4n) is 0.645. The van der Waals surface area contributed by atoms with Gasteiger partial charge in [0, 0.05) is 6.42 Å². The molecule has 0 radical (unpaired) electrons. The van der Waals surface area contributed by atoms with Crippen LogP contribution in [0.1, 0.15) is 47.0 Å². The van der Waals surface area contributed by atoms with Crippen LogP contribution in [0.2, 0.25) is 0 Å². The van der Waals surface area contributed by atoms with Crippen molar-refractivity contribution in [3.05, 3.63) is 0 Å². The molecule has 0 saturated heterocycles. The van der Waals surface area contributed by atoms with Gasteiger partial charge in [-0.1, -0.05) is 20.8 Å². The van der Waals surface area contributed by atoms with Gasteiger partial charge in [-0.2, -0.15) is 0 Å². The van der Waals surface area contributed by atoms with Crippen LogP contribution in [0.3, 0.4) is 0 Å². The van der Waals surface area contributed by atoms with Gasteiger partial charge in [0.1, 0.15) is 11.6 Å². The molecule has 0 bridgehead atoms. The van der Waals surface area contributed by atoms with Crippen molar-refractivity contribution in [3.8, 4) is 0 Å². The Kier molecular flexibility index (Phi) is 11.0. The van der Waals surface area contributed by atoms with Crippen LogP contribution in [0.25, 0.3) is 0 Å². The lowest BCUT2D eigenvalue weighted by molar-refractivity contribution is -0.125. The minimum absolute atomic E-state index is 0.0338. The lowest BCUT2D eigenvalue weighted by Crippen LogP contribution is -2.02. The summed E-state index contributed by atoms with van der Waals surface area (Å²) in [5.41, 5.74) is 0. The Morgan fingerprint density at radius 2 is 1.64 bits per heavy atom. The van der Waals surface area contributed by atoms with E-state index < -0.39 is 0 Å². The Morgan fingerprint density at radius 1 is 1.18 bits per heavy atom. The fraction of sp³-hybridized carbons (Fsp3) is 0.778. The third-order valence-corrected chi connectivity index (χ3v) is 0.975. The van der Waals surface area contributed by atoms with Gasteiger partial charge in [-0.15, -0.1) is 0 Å². The molecule has 0 unspecified atom stereocenters. The summed E-state index contributed by atoms with van der Waals surface area (Å²) < 4.78 is 0. The number of carbonyl (C=O) groups excluding carboxylic acids is 2. The molecule has 0 aromatic heterocycles. The molecule has 0 N–H and O–H groups in total. The molecule has 0 saturated carbocycles. The summed E-state index contributed by atoms with van der Waals surface area (Å²) in [5.74, 6) is 0.0263. The van der Waals surface area contributed by atoms with E-state index in [-0.39, 0.29) is 18.0 Å². The van der Waals surface area contributed by atoms with Gasteiger partial charge in [-0.3, -0.25) is 9.59 Å². The standard InChI is InChI=1S/C7H12O2.C2H6/c1-3-4-7(9)5-6(2)8;1-2/h3-5H2,1-2H3;1-2H3. The van der Waals surface area contributed by atoms with Crippen molar-refractivity contribution in [1.82, 2.24) is 0 Å². The molecule has 0 aromatic carbocycles. The quantitative estimate of drug-likeness (QED) is 0.588. The number of hydrogen-bond donors (Lipinski definition) is 0. The van der Waals surface area contributed by atoms with Crippen LogP contribution in [-0.2, 0) is 9.59 Å². The third kappa shape index (κ3) is 12.5. The second-order valence-corrected chi connectivity index (χ2v) is 2.17. The Labute approximate surface area is 69.0 Å². The topological polar surface area (TPSA) is 34.1 Å². The molecule has 0 aromatic rings. The molecule has 11 heavy (non-hydrogen) atoms. The van der Waals surface area contributed by atoms with Crippen molar-refractivity contribution in [2.24, 2.45) is 0 Å². The van der Waals surface area contributed by atoms with Gasteiger partial charge in [-0.25, -0.2) is 0 Å². The highest BCUT2D eigenvalue weighted by molar-refractivity contribution is 5.97. The minimum atomic E-state index is -0.0338. The van der Waals surface area contributed by atoms with Crippen molar-refractivity contribution >= 4 is 11.6 Å². The molecule has 66 valence electrons. The van der Waals surface area contributed by atoms with Crippen LogP contribution in [0.4, 0.5) is 0 Å². The molecule has 0 amide bonds. The molecule has 0 aliphatic heterocycles. The predicted molar refractivity (Wildman–Crippen MR) is 46.6 cm³/mol. The maximum absolute atomic E-state index is 10.6. The molecule has 2 nitrogen and oxygen atoms in total. The average molecular weight is 158 g/mol. The summed E-state index contributed by atoms with van der Waals surface area (Å²) in [6.07, 6.45) is 1.50. The van der Waals surface area contributed by atoms with Crippen molar-refractivity contribution in [3.63, 3.8) is 0 Å². The van der Waals surface area contributed by atoms with E-state index in [2.05, 4.69) is 0 Å². The van der Waals surface area contributed by atoms with Crippen molar-refractivity contribution in [2.75, 3.05) is 0 Å². The number of carbonyl (C=O) groups is 2. The summed E-state index contributed by atoms with van der Waals surface area (Å²) in [7, 11) is 0. The zero-order chi connectivity index (χ0) is 9.28. The zero-order valence-electron chi connectivity index (χ0n) is 7.94. The molecular weight excluding hydrogens is 140 g/mol. The highest BCUT2D eigenvalue weighted by Crippen LogP contribution is 1.93. The predicted octanol–water partition coefficient (Wildman–Crippen LogP) is 2.36. The highest BCUT2D eigenvalue weighted by Gasteiger charge is 2.01. The van der Waals surface area contributed by atoms with E-state index in [4.69, 9.17) is 0 Å². The molecule has 2 heteroatoms. The Bertz CT molecular complexity index is 117. The number of ketones is 2. The van der Waals surface area contributed by atoms with E-state index in [0.29, 0.717) is 6.42 Å². The average Bonchev–Trinajstić information content (AvgIpc) is 1.91. The van der Waals surface area contributed by atoms with Gasteiger partial charge in [0.2, 0.25) is 0 Å². The van der Waals surface area contributed by atoms with Crippen LogP contribution < -0.4 is 0 Å². The molecular formula is C9H18O2. The zero-order valence-corrected chi connectivity index (χ0v) is 7.94. The monoisotopic (exact) mass is 158 g/mol. The molecule has 0 aliphatic rings. The first kappa shape index (κ1) is 13.0. The second-order valence-electron chi connectivity index (χ2n) is 2.17. The van der Waals surface area contributed by atoms with Crippen molar-refractivity contribution in [1.29, 1.82) is 0 Å². The first-order chi connectivity index (χ1) is 5.16. The number of Topliss-reactive ketones (excluding diaryl/α,β-unsaturated/α-hetero) is 2. The van der Waals surface area contributed by atoms with E-state index in [0.717, 1.165) is 6.42 Å². The Hall–Kier alpha value is -0.660. The van der Waals surface area contributed by atoms with E-state index in [9.17, 15) is 9.59 Å². The van der Waals surface area contributed by atoms with Gasteiger partial charge in [-0.05, 0) is 13.3 Å². The lowest BCUT2D eigenvalue weighted by atomic mass is 10.1. The van der Waals surface area contributed by atoms with E-state index in [1.165, 1.54) is 6.92 Å². The van der Waals surface area contributed by atoms with E-state index in [1.54, 1.807) is 0 Å². The Balaban J connectivity index is 0. The van der Waals surface area contributed by atoms with Gasteiger partial charge < -0.3 is 0 Å². The maximum Gasteiger partial charge on any atom is 0.140 e. The summed E-state index contributed by atoms with van der Waals surface area (Å²) in [6.45, 7) is 7.37.